The molecule has 0 N–H and O–H groups in total. The van der Waals surface area contributed by atoms with Crippen LogP contribution in [-0.2, 0) is 4.74 Å². The Balaban J connectivity index is 2.06. The third-order valence-corrected chi connectivity index (χ3v) is 5.24. The third-order valence-electron chi connectivity index (χ3n) is 2.34. The average Bonchev–Trinajstić information content (AvgIpc) is 2.41. The van der Waals surface area contributed by atoms with E-state index >= 15 is 0 Å². The maximum atomic E-state index is 11.5. The molecule has 0 aliphatic heterocycles. The Morgan fingerprint density at radius 1 is 1.00 bits per heavy atom. The number of benzene rings is 2. The van der Waals surface area contributed by atoms with Crippen molar-refractivity contribution in [2.45, 2.75) is 6.92 Å². The van der Waals surface area contributed by atoms with Crippen LogP contribution in [0, 0.1) is 0 Å². The zero-order valence-electron chi connectivity index (χ0n) is 10.1. The van der Waals surface area contributed by atoms with Crippen LogP contribution in [0.4, 0.5) is 0 Å². The molecule has 0 atom stereocenters. The number of carbonyl (C=O) groups is 1. The molecule has 0 aliphatic rings. The van der Waals surface area contributed by atoms with Gasteiger partial charge in [0.25, 0.3) is 0 Å². The van der Waals surface area contributed by atoms with Gasteiger partial charge in [-0.3, -0.25) is 0 Å². The molecule has 0 unspecified atom stereocenters. The van der Waals surface area contributed by atoms with Crippen LogP contribution in [0.3, 0.4) is 0 Å². The average molecular weight is 354 g/mol. The first-order valence-corrected chi connectivity index (χ1v) is 8.12. The van der Waals surface area contributed by atoms with Gasteiger partial charge in [-0.2, -0.15) is 0 Å². The summed E-state index contributed by atoms with van der Waals surface area (Å²) in [7, 11) is 0. The number of carbonyl (C=O) groups excluding carboxylic acids is 1. The molecule has 0 saturated carbocycles. The molecule has 92 valence electrons. The van der Waals surface area contributed by atoms with Gasteiger partial charge in [-0.05, 0) is 0 Å². The molecule has 3 heteroatoms. The standard InChI is InChI=1S/C15H14O2Te/c1-2-17-15(16)12-8-10-14(11-9-12)18-13-6-4-3-5-7-13/h3-11H,2H2,1H3. The molecule has 2 rings (SSSR count). The summed E-state index contributed by atoms with van der Waals surface area (Å²) in [5.41, 5.74) is 0.626. The van der Waals surface area contributed by atoms with Crippen molar-refractivity contribution in [1.82, 2.24) is 0 Å². The summed E-state index contributed by atoms with van der Waals surface area (Å²) < 4.78 is 7.67. The zero-order valence-corrected chi connectivity index (χ0v) is 12.5. The molecular formula is C15H14O2Te. The second-order valence-corrected chi connectivity index (χ2v) is 6.93. The predicted octanol–water partition coefficient (Wildman–Crippen LogP) is 1.52. The first kappa shape index (κ1) is 13.1. The first-order valence-electron chi connectivity index (χ1n) is 5.79. The Hall–Kier alpha value is -1.30. The van der Waals surface area contributed by atoms with Gasteiger partial charge in [-0.15, -0.1) is 0 Å². The van der Waals surface area contributed by atoms with Crippen LogP contribution in [0.5, 0.6) is 0 Å². The number of hydrogen-bond acceptors (Lipinski definition) is 2. The summed E-state index contributed by atoms with van der Waals surface area (Å²) in [5.74, 6) is -0.246. The van der Waals surface area contributed by atoms with Crippen LogP contribution in [0.2, 0.25) is 0 Å². The summed E-state index contributed by atoms with van der Waals surface area (Å²) in [6, 6.07) is 18.2. The van der Waals surface area contributed by atoms with Gasteiger partial charge in [0.15, 0.2) is 0 Å². The van der Waals surface area contributed by atoms with E-state index in [1.807, 2.05) is 37.3 Å². The van der Waals surface area contributed by atoms with Crippen LogP contribution < -0.4 is 7.22 Å². The zero-order chi connectivity index (χ0) is 12.8. The fraction of sp³-hybridized carbons (Fsp3) is 0.133. The van der Waals surface area contributed by atoms with Gasteiger partial charge in [0, 0.05) is 0 Å². The SMILES string of the molecule is CCOC(=O)c1ccc([Te]c2ccccc2)cc1. The van der Waals surface area contributed by atoms with E-state index in [0.29, 0.717) is 12.2 Å². The quantitative estimate of drug-likeness (QED) is 0.615. The molecule has 0 spiro atoms. The second kappa shape index (κ2) is 6.58. The van der Waals surface area contributed by atoms with Gasteiger partial charge in [0.2, 0.25) is 0 Å². The third kappa shape index (κ3) is 3.60. The Labute approximate surface area is 117 Å². The summed E-state index contributed by atoms with van der Waals surface area (Å²) in [6.45, 7) is 2.23. The summed E-state index contributed by atoms with van der Waals surface area (Å²) in [6.07, 6.45) is 0. The molecule has 0 fully saturated rings. The van der Waals surface area contributed by atoms with E-state index in [2.05, 4.69) is 24.3 Å². The first-order chi connectivity index (χ1) is 8.79. The molecule has 0 aliphatic carbocycles. The van der Waals surface area contributed by atoms with Crippen molar-refractivity contribution < 1.29 is 9.53 Å². The van der Waals surface area contributed by atoms with Crippen LogP contribution >= 0.6 is 0 Å². The Kier molecular flexibility index (Phi) is 4.81. The number of ether oxygens (including phenoxy) is 1. The van der Waals surface area contributed by atoms with Crippen molar-refractivity contribution >= 4 is 34.1 Å². The molecule has 0 saturated heterocycles. The molecular weight excluding hydrogens is 340 g/mol. The van der Waals surface area contributed by atoms with E-state index in [1.165, 1.54) is 7.22 Å². The van der Waals surface area contributed by atoms with Crippen molar-refractivity contribution in [1.29, 1.82) is 0 Å². The normalized spacial score (nSPS) is 10.1. The van der Waals surface area contributed by atoms with Crippen molar-refractivity contribution in [3.63, 3.8) is 0 Å². The van der Waals surface area contributed by atoms with Crippen LogP contribution in [0.25, 0.3) is 0 Å². The summed E-state index contributed by atoms with van der Waals surface area (Å²) in [4.78, 5) is 11.5. The molecule has 0 aromatic heterocycles. The fourth-order valence-electron chi connectivity index (χ4n) is 1.50. The molecule has 0 heterocycles. The minimum atomic E-state index is -0.354. The summed E-state index contributed by atoms with van der Waals surface area (Å²) >= 11 is -0.354. The van der Waals surface area contributed by atoms with Crippen LogP contribution in [0.15, 0.2) is 54.6 Å². The van der Waals surface area contributed by atoms with Gasteiger partial charge in [0.1, 0.15) is 0 Å². The molecule has 0 bridgehead atoms. The molecule has 2 nitrogen and oxygen atoms in total. The number of esters is 1. The molecule has 2 aromatic rings. The van der Waals surface area contributed by atoms with E-state index in [9.17, 15) is 4.79 Å². The fourth-order valence-corrected chi connectivity index (χ4v) is 3.89. The van der Waals surface area contributed by atoms with E-state index in [-0.39, 0.29) is 26.9 Å². The number of hydrogen-bond donors (Lipinski definition) is 0. The van der Waals surface area contributed by atoms with Crippen molar-refractivity contribution in [2.24, 2.45) is 0 Å². The van der Waals surface area contributed by atoms with Crippen molar-refractivity contribution in [2.75, 3.05) is 6.61 Å². The predicted molar refractivity (Wildman–Crippen MR) is 73.9 cm³/mol. The molecule has 2 aromatic carbocycles. The second-order valence-electron chi connectivity index (χ2n) is 3.66. The Morgan fingerprint density at radius 3 is 2.22 bits per heavy atom. The number of rotatable bonds is 4. The van der Waals surface area contributed by atoms with Crippen LogP contribution in [0.1, 0.15) is 17.3 Å². The van der Waals surface area contributed by atoms with Gasteiger partial charge in [-0.1, -0.05) is 0 Å². The Morgan fingerprint density at radius 2 is 1.61 bits per heavy atom. The molecule has 0 amide bonds. The van der Waals surface area contributed by atoms with Gasteiger partial charge in [-0.25, -0.2) is 0 Å². The van der Waals surface area contributed by atoms with E-state index < -0.39 is 0 Å². The Bertz CT molecular complexity index is 506. The van der Waals surface area contributed by atoms with E-state index in [4.69, 9.17) is 4.74 Å². The topological polar surface area (TPSA) is 26.3 Å². The van der Waals surface area contributed by atoms with Gasteiger partial charge in [0.05, 0.1) is 0 Å². The maximum absolute atomic E-state index is 11.5. The molecule has 0 radical (unpaired) electrons. The minimum absolute atomic E-state index is 0.246. The van der Waals surface area contributed by atoms with E-state index in [0.717, 1.165) is 0 Å². The van der Waals surface area contributed by atoms with Crippen LogP contribution in [-0.4, -0.2) is 33.5 Å². The van der Waals surface area contributed by atoms with Crippen molar-refractivity contribution in [3.8, 4) is 0 Å². The van der Waals surface area contributed by atoms with Crippen molar-refractivity contribution in [3.05, 3.63) is 60.2 Å². The monoisotopic (exact) mass is 356 g/mol. The van der Waals surface area contributed by atoms with Gasteiger partial charge >= 0.3 is 117 Å². The molecule has 18 heavy (non-hydrogen) atoms. The van der Waals surface area contributed by atoms with Gasteiger partial charge < -0.3 is 0 Å². The summed E-state index contributed by atoms with van der Waals surface area (Å²) in [5, 5.41) is 0. The van der Waals surface area contributed by atoms with E-state index in [1.54, 1.807) is 0 Å².